The van der Waals surface area contributed by atoms with Crippen molar-refractivity contribution < 1.29 is 9.59 Å². The van der Waals surface area contributed by atoms with Crippen LogP contribution in [0.25, 0.3) is 11.1 Å². The third-order valence-electron chi connectivity index (χ3n) is 3.62. The molecule has 0 saturated heterocycles. The third kappa shape index (κ3) is 3.79. The molecule has 4 heteroatoms. The van der Waals surface area contributed by atoms with E-state index in [0.717, 1.165) is 17.5 Å². The number of hydrogen-bond acceptors (Lipinski definition) is 3. The first-order valence-electron chi connectivity index (χ1n) is 7.38. The van der Waals surface area contributed by atoms with Gasteiger partial charge in [0, 0.05) is 29.6 Å². The molecule has 2 rings (SSSR count). The standard InChI is InChI=1S/C18H20N2O2/c1-4-12(2)20-18(22)17-9-16(10-19-11-17)15-7-5-14(6-8-15)13(3)21/h5-12H,4H2,1-3H3,(H,20,22)/t12-/m1/s1. The van der Waals surface area contributed by atoms with Crippen molar-refractivity contribution in [1.29, 1.82) is 0 Å². The predicted octanol–water partition coefficient (Wildman–Crippen LogP) is 3.48. The second-order valence-electron chi connectivity index (χ2n) is 5.38. The molecule has 0 aliphatic rings. The van der Waals surface area contributed by atoms with E-state index in [1.54, 1.807) is 24.5 Å². The van der Waals surface area contributed by atoms with E-state index in [2.05, 4.69) is 10.3 Å². The molecule has 0 saturated carbocycles. The minimum atomic E-state index is -0.121. The van der Waals surface area contributed by atoms with E-state index in [9.17, 15) is 9.59 Å². The Morgan fingerprint density at radius 3 is 2.36 bits per heavy atom. The fourth-order valence-electron chi connectivity index (χ4n) is 2.03. The Hall–Kier alpha value is -2.49. The molecule has 0 aliphatic carbocycles. The zero-order valence-corrected chi connectivity index (χ0v) is 13.1. The Kier molecular flexibility index (Phi) is 5.04. The van der Waals surface area contributed by atoms with Crippen molar-refractivity contribution in [3.63, 3.8) is 0 Å². The first-order chi connectivity index (χ1) is 10.5. The van der Waals surface area contributed by atoms with Crippen LogP contribution in [0.1, 0.15) is 47.9 Å². The summed E-state index contributed by atoms with van der Waals surface area (Å²) in [7, 11) is 0. The zero-order valence-electron chi connectivity index (χ0n) is 13.1. The lowest BCUT2D eigenvalue weighted by Gasteiger charge is -2.11. The summed E-state index contributed by atoms with van der Waals surface area (Å²) in [6.07, 6.45) is 4.15. The zero-order chi connectivity index (χ0) is 16.1. The first kappa shape index (κ1) is 15.9. The van der Waals surface area contributed by atoms with Crippen molar-refractivity contribution >= 4 is 11.7 Å². The van der Waals surface area contributed by atoms with Crippen LogP contribution < -0.4 is 5.32 Å². The summed E-state index contributed by atoms with van der Waals surface area (Å²) in [5.74, 6) is -0.0876. The number of amides is 1. The van der Waals surface area contributed by atoms with Gasteiger partial charge in [-0.1, -0.05) is 31.2 Å². The lowest BCUT2D eigenvalue weighted by atomic mass is 10.0. The van der Waals surface area contributed by atoms with Crippen LogP contribution in [0.3, 0.4) is 0 Å². The molecule has 1 N–H and O–H groups in total. The monoisotopic (exact) mass is 296 g/mol. The van der Waals surface area contributed by atoms with E-state index >= 15 is 0 Å². The van der Waals surface area contributed by atoms with Crippen LogP contribution in [0.2, 0.25) is 0 Å². The molecule has 1 aromatic carbocycles. The van der Waals surface area contributed by atoms with Gasteiger partial charge in [0.15, 0.2) is 5.78 Å². The number of nitrogens with zero attached hydrogens (tertiary/aromatic N) is 1. The summed E-state index contributed by atoms with van der Waals surface area (Å²) in [5.41, 5.74) is 2.98. The summed E-state index contributed by atoms with van der Waals surface area (Å²) >= 11 is 0. The van der Waals surface area contributed by atoms with Gasteiger partial charge in [-0.15, -0.1) is 0 Å². The molecule has 22 heavy (non-hydrogen) atoms. The van der Waals surface area contributed by atoms with E-state index in [0.29, 0.717) is 11.1 Å². The van der Waals surface area contributed by atoms with E-state index in [1.807, 2.05) is 32.0 Å². The van der Waals surface area contributed by atoms with Crippen molar-refractivity contribution in [2.24, 2.45) is 0 Å². The van der Waals surface area contributed by atoms with Crippen molar-refractivity contribution in [3.8, 4) is 11.1 Å². The van der Waals surface area contributed by atoms with Crippen LogP contribution >= 0.6 is 0 Å². The summed E-state index contributed by atoms with van der Waals surface area (Å²) in [6.45, 7) is 5.53. The highest BCUT2D eigenvalue weighted by Gasteiger charge is 2.10. The van der Waals surface area contributed by atoms with E-state index in [4.69, 9.17) is 0 Å². The molecule has 0 aliphatic heterocycles. The van der Waals surface area contributed by atoms with Crippen LogP contribution in [0.4, 0.5) is 0 Å². The number of nitrogens with one attached hydrogen (secondary N) is 1. The van der Waals surface area contributed by atoms with Gasteiger partial charge in [-0.2, -0.15) is 0 Å². The summed E-state index contributed by atoms with van der Waals surface area (Å²) in [4.78, 5) is 27.6. The van der Waals surface area contributed by atoms with Crippen molar-refractivity contribution in [2.45, 2.75) is 33.2 Å². The smallest absolute Gasteiger partial charge is 0.253 e. The van der Waals surface area contributed by atoms with Gasteiger partial charge in [-0.25, -0.2) is 0 Å². The Bertz CT molecular complexity index is 678. The Balaban J connectivity index is 2.24. The fourth-order valence-corrected chi connectivity index (χ4v) is 2.03. The maximum atomic E-state index is 12.1. The van der Waals surface area contributed by atoms with Gasteiger partial charge in [0.25, 0.3) is 5.91 Å². The topological polar surface area (TPSA) is 59.1 Å². The second kappa shape index (κ2) is 6.98. The number of pyridine rings is 1. The maximum absolute atomic E-state index is 12.1. The summed E-state index contributed by atoms with van der Waals surface area (Å²) in [5, 5.41) is 2.92. The highest BCUT2D eigenvalue weighted by Crippen LogP contribution is 2.20. The molecular formula is C18H20N2O2. The minimum Gasteiger partial charge on any atom is -0.350 e. The highest BCUT2D eigenvalue weighted by atomic mass is 16.1. The maximum Gasteiger partial charge on any atom is 0.253 e. The molecule has 0 unspecified atom stereocenters. The molecule has 114 valence electrons. The van der Waals surface area contributed by atoms with E-state index < -0.39 is 0 Å². The van der Waals surface area contributed by atoms with Crippen molar-refractivity contribution in [1.82, 2.24) is 10.3 Å². The number of aromatic nitrogens is 1. The number of rotatable bonds is 5. The normalized spacial score (nSPS) is 11.8. The van der Waals surface area contributed by atoms with Gasteiger partial charge >= 0.3 is 0 Å². The van der Waals surface area contributed by atoms with Gasteiger partial charge in [-0.05, 0) is 31.9 Å². The van der Waals surface area contributed by atoms with Crippen LogP contribution in [0.5, 0.6) is 0 Å². The highest BCUT2D eigenvalue weighted by molar-refractivity contribution is 5.96. The molecule has 0 bridgehead atoms. The summed E-state index contributed by atoms with van der Waals surface area (Å²) in [6, 6.07) is 9.24. The lowest BCUT2D eigenvalue weighted by Crippen LogP contribution is -2.31. The van der Waals surface area contributed by atoms with Crippen molar-refractivity contribution in [3.05, 3.63) is 53.9 Å². The molecule has 0 radical (unpaired) electrons. The van der Waals surface area contributed by atoms with Crippen LogP contribution in [-0.2, 0) is 0 Å². The second-order valence-corrected chi connectivity index (χ2v) is 5.38. The average Bonchev–Trinajstić information content (AvgIpc) is 2.54. The van der Waals surface area contributed by atoms with Crippen LogP contribution in [-0.4, -0.2) is 22.7 Å². The number of benzene rings is 1. The SMILES string of the molecule is CC[C@@H](C)NC(=O)c1cncc(-c2ccc(C(C)=O)cc2)c1. The fraction of sp³-hybridized carbons (Fsp3) is 0.278. The molecule has 2 aromatic rings. The quantitative estimate of drug-likeness (QED) is 0.859. The van der Waals surface area contributed by atoms with Crippen molar-refractivity contribution in [2.75, 3.05) is 0 Å². The van der Waals surface area contributed by atoms with Gasteiger partial charge < -0.3 is 5.32 Å². The Morgan fingerprint density at radius 2 is 1.77 bits per heavy atom. The van der Waals surface area contributed by atoms with Crippen LogP contribution in [0, 0.1) is 0 Å². The molecule has 0 spiro atoms. The summed E-state index contributed by atoms with van der Waals surface area (Å²) < 4.78 is 0. The van der Waals surface area contributed by atoms with Gasteiger partial charge in [0.2, 0.25) is 0 Å². The van der Waals surface area contributed by atoms with Gasteiger partial charge in [0.05, 0.1) is 5.56 Å². The largest absolute Gasteiger partial charge is 0.350 e. The predicted molar refractivity (Wildman–Crippen MR) is 86.9 cm³/mol. The number of ketones is 1. The van der Waals surface area contributed by atoms with Gasteiger partial charge in [0.1, 0.15) is 0 Å². The number of carbonyl (C=O) groups is 2. The lowest BCUT2D eigenvalue weighted by molar-refractivity contribution is 0.0938. The van der Waals surface area contributed by atoms with Gasteiger partial charge in [-0.3, -0.25) is 14.6 Å². The van der Waals surface area contributed by atoms with E-state index in [-0.39, 0.29) is 17.7 Å². The molecular weight excluding hydrogens is 276 g/mol. The molecule has 0 fully saturated rings. The minimum absolute atomic E-state index is 0.0337. The molecule has 4 nitrogen and oxygen atoms in total. The number of Topliss-reactive ketones (excluding diaryl/α,β-unsaturated/α-hetero) is 1. The molecule has 1 heterocycles. The Labute approximate surface area is 130 Å². The Morgan fingerprint density at radius 1 is 1.09 bits per heavy atom. The molecule has 1 atom stereocenters. The van der Waals surface area contributed by atoms with E-state index in [1.165, 1.54) is 6.92 Å². The molecule has 1 amide bonds. The number of carbonyl (C=O) groups excluding carboxylic acids is 2. The first-order valence-corrected chi connectivity index (χ1v) is 7.38. The number of hydrogen-bond donors (Lipinski definition) is 1. The third-order valence-corrected chi connectivity index (χ3v) is 3.62. The average molecular weight is 296 g/mol. The molecule has 1 aromatic heterocycles. The van der Waals surface area contributed by atoms with Crippen LogP contribution in [0.15, 0.2) is 42.7 Å².